The minimum absolute atomic E-state index is 0.228. The number of benzene rings is 1. The van der Waals surface area contributed by atoms with Gasteiger partial charge in [0.05, 0.1) is 19.7 Å². The molecule has 6 heteroatoms. The number of hydrogen-bond acceptors (Lipinski definition) is 5. The summed E-state index contributed by atoms with van der Waals surface area (Å²) in [7, 11) is 0. The minimum Gasteiger partial charge on any atom is -0.494 e. The fraction of sp³-hybridized carbons (Fsp3) is 0.542. The molecule has 0 atom stereocenters. The van der Waals surface area contributed by atoms with Crippen molar-refractivity contribution >= 4 is 5.91 Å². The molecule has 162 valence electrons. The Hall–Kier alpha value is -2.31. The molecular formula is C24H33N3O3. The van der Waals surface area contributed by atoms with Gasteiger partial charge in [-0.25, -0.2) is 0 Å². The molecule has 2 aliphatic rings. The van der Waals surface area contributed by atoms with Gasteiger partial charge in [0.2, 0.25) is 5.91 Å². The van der Waals surface area contributed by atoms with Crippen LogP contribution in [0.1, 0.15) is 36.8 Å². The fourth-order valence-electron chi connectivity index (χ4n) is 4.05. The molecule has 0 spiro atoms. The van der Waals surface area contributed by atoms with Gasteiger partial charge in [0, 0.05) is 38.8 Å². The highest BCUT2D eigenvalue weighted by atomic mass is 16.5. The maximum Gasteiger partial charge on any atom is 0.237 e. The molecule has 2 heterocycles. The van der Waals surface area contributed by atoms with Crippen molar-refractivity contribution in [3.8, 4) is 5.75 Å². The predicted octanol–water partition coefficient (Wildman–Crippen LogP) is 3.30. The number of hydrogen-bond donors (Lipinski definition) is 0. The Morgan fingerprint density at radius 1 is 1.07 bits per heavy atom. The summed E-state index contributed by atoms with van der Waals surface area (Å²) in [5, 5.41) is 0. The van der Waals surface area contributed by atoms with E-state index in [1.54, 1.807) is 0 Å². The molecule has 0 radical (unpaired) electrons. The van der Waals surface area contributed by atoms with Gasteiger partial charge in [-0.1, -0.05) is 12.1 Å². The highest BCUT2D eigenvalue weighted by molar-refractivity contribution is 5.79. The van der Waals surface area contributed by atoms with E-state index in [2.05, 4.69) is 21.9 Å². The van der Waals surface area contributed by atoms with E-state index in [1.165, 1.54) is 5.56 Å². The van der Waals surface area contributed by atoms with Gasteiger partial charge in [-0.2, -0.15) is 0 Å². The zero-order valence-corrected chi connectivity index (χ0v) is 18.2. The Bertz CT molecular complexity index is 820. The first kappa shape index (κ1) is 20.9. The van der Waals surface area contributed by atoms with Gasteiger partial charge in [-0.3, -0.25) is 14.6 Å². The SMILES string of the molecule is CCOc1ccc(CN2CCN(CC(=O)N(Cc3ccc(C)o3)C3CC3)CC2)cc1. The molecule has 1 aliphatic carbocycles. The first-order valence-corrected chi connectivity index (χ1v) is 11.1. The summed E-state index contributed by atoms with van der Waals surface area (Å²) in [5.74, 6) is 2.94. The summed E-state index contributed by atoms with van der Waals surface area (Å²) in [6.45, 7) is 10.5. The lowest BCUT2D eigenvalue weighted by molar-refractivity contribution is -0.134. The average molecular weight is 412 g/mol. The van der Waals surface area contributed by atoms with Crippen LogP contribution >= 0.6 is 0 Å². The van der Waals surface area contributed by atoms with Gasteiger partial charge in [-0.15, -0.1) is 0 Å². The fourth-order valence-corrected chi connectivity index (χ4v) is 4.05. The Balaban J connectivity index is 1.24. The Morgan fingerprint density at radius 2 is 1.77 bits per heavy atom. The van der Waals surface area contributed by atoms with Crippen molar-refractivity contribution in [1.29, 1.82) is 0 Å². The quantitative estimate of drug-likeness (QED) is 0.634. The second kappa shape index (κ2) is 9.67. The Labute approximate surface area is 179 Å². The number of nitrogens with zero attached hydrogens (tertiary/aromatic N) is 3. The molecule has 1 aliphatic heterocycles. The van der Waals surface area contributed by atoms with Crippen molar-refractivity contribution in [2.75, 3.05) is 39.3 Å². The van der Waals surface area contributed by atoms with Crippen LogP contribution in [-0.2, 0) is 17.9 Å². The normalized spacial score (nSPS) is 17.8. The second-order valence-corrected chi connectivity index (χ2v) is 8.39. The number of furan rings is 1. The van der Waals surface area contributed by atoms with Crippen molar-refractivity contribution in [1.82, 2.24) is 14.7 Å². The van der Waals surface area contributed by atoms with Crippen LogP contribution in [0.15, 0.2) is 40.8 Å². The third-order valence-corrected chi connectivity index (χ3v) is 5.89. The third-order valence-electron chi connectivity index (χ3n) is 5.89. The number of carbonyl (C=O) groups is 1. The monoisotopic (exact) mass is 411 g/mol. The topological polar surface area (TPSA) is 49.2 Å². The number of ether oxygens (including phenoxy) is 1. The van der Waals surface area contributed by atoms with Crippen LogP contribution in [0.25, 0.3) is 0 Å². The first-order chi connectivity index (χ1) is 14.6. The zero-order valence-electron chi connectivity index (χ0n) is 18.2. The number of carbonyl (C=O) groups excluding carboxylic acids is 1. The van der Waals surface area contributed by atoms with Crippen LogP contribution in [0.3, 0.4) is 0 Å². The lowest BCUT2D eigenvalue weighted by Gasteiger charge is -2.35. The zero-order chi connectivity index (χ0) is 20.9. The molecule has 1 amide bonds. The van der Waals surface area contributed by atoms with Gasteiger partial charge in [0.25, 0.3) is 0 Å². The largest absolute Gasteiger partial charge is 0.494 e. The molecule has 1 saturated heterocycles. The smallest absolute Gasteiger partial charge is 0.237 e. The lowest BCUT2D eigenvalue weighted by Crippen LogP contribution is -2.50. The van der Waals surface area contributed by atoms with E-state index in [4.69, 9.17) is 9.15 Å². The summed E-state index contributed by atoms with van der Waals surface area (Å²) < 4.78 is 11.2. The van der Waals surface area contributed by atoms with E-state index in [0.29, 0.717) is 25.7 Å². The molecule has 0 unspecified atom stereocenters. The van der Waals surface area contributed by atoms with Crippen LogP contribution in [0.2, 0.25) is 0 Å². The number of rotatable bonds is 9. The molecule has 2 fully saturated rings. The molecule has 0 N–H and O–H groups in total. The molecule has 1 aromatic carbocycles. The van der Waals surface area contributed by atoms with E-state index in [-0.39, 0.29) is 5.91 Å². The van der Waals surface area contributed by atoms with Crippen molar-refractivity contribution in [3.05, 3.63) is 53.5 Å². The summed E-state index contributed by atoms with van der Waals surface area (Å²) >= 11 is 0. The van der Waals surface area contributed by atoms with Gasteiger partial charge in [0.15, 0.2) is 0 Å². The highest BCUT2D eigenvalue weighted by Crippen LogP contribution is 2.29. The summed E-state index contributed by atoms with van der Waals surface area (Å²) in [4.78, 5) is 19.7. The standard InChI is InChI=1S/C24H33N3O3/c1-3-29-22-10-5-20(6-11-22)16-25-12-14-26(15-13-25)18-24(28)27(21-7-8-21)17-23-9-4-19(2)30-23/h4-6,9-11,21H,3,7-8,12-18H2,1-2H3. The summed E-state index contributed by atoms with van der Waals surface area (Å²) in [6, 6.07) is 12.7. The van der Waals surface area contributed by atoms with Crippen LogP contribution in [0.5, 0.6) is 5.75 Å². The van der Waals surface area contributed by atoms with Crippen molar-refractivity contribution < 1.29 is 13.9 Å². The molecule has 30 heavy (non-hydrogen) atoms. The van der Waals surface area contributed by atoms with E-state index in [0.717, 1.165) is 62.8 Å². The molecule has 1 saturated carbocycles. The Morgan fingerprint density at radius 3 is 2.37 bits per heavy atom. The molecular weight excluding hydrogens is 378 g/mol. The molecule has 0 bridgehead atoms. The molecule has 2 aromatic rings. The van der Waals surface area contributed by atoms with Crippen LogP contribution in [0.4, 0.5) is 0 Å². The molecule has 6 nitrogen and oxygen atoms in total. The van der Waals surface area contributed by atoms with Crippen LogP contribution < -0.4 is 4.74 Å². The second-order valence-electron chi connectivity index (χ2n) is 8.39. The van der Waals surface area contributed by atoms with Crippen LogP contribution in [-0.4, -0.2) is 66.0 Å². The van der Waals surface area contributed by atoms with Crippen molar-refractivity contribution in [3.63, 3.8) is 0 Å². The van der Waals surface area contributed by atoms with Crippen LogP contribution in [0, 0.1) is 6.92 Å². The summed E-state index contributed by atoms with van der Waals surface area (Å²) in [6.07, 6.45) is 2.22. The van der Waals surface area contributed by atoms with Crippen molar-refractivity contribution in [2.45, 2.75) is 45.8 Å². The van der Waals surface area contributed by atoms with Crippen molar-refractivity contribution in [2.24, 2.45) is 0 Å². The van der Waals surface area contributed by atoms with Gasteiger partial charge >= 0.3 is 0 Å². The van der Waals surface area contributed by atoms with E-state index in [1.807, 2.05) is 43.0 Å². The molecule has 4 rings (SSSR count). The average Bonchev–Trinajstić information content (AvgIpc) is 3.50. The Kier molecular flexibility index (Phi) is 6.75. The maximum absolute atomic E-state index is 13.0. The third kappa shape index (κ3) is 5.64. The minimum atomic E-state index is 0.228. The number of aryl methyl sites for hydroxylation is 1. The molecule has 1 aromatic heterocycles. The number of piperazine rings is 1. The lowest BCUT2D eigenvalue weighted by atomic mass is 10.2. The van der Waals surface area contributed by atoms with Gasteiger partial charge in [-0.05, 0) is 56.5 Å². The van der Waals surface area contributed by atoms with E-state index >= 15 is 0 Å². The summed E-state index contributed by atoms with van der Waals surface area (Å²) in [5.41, 5.74) is 1.30. The van der Waals surface area contributed by atoms with Gasteiger partial charge < -0.3 is 14.1 Å². The predicted molar refractivity (Wildman–Crippen MR) is 116 cm³/mol. The van der Waals surface area contributed by atoms with Gasteiger partial charge in [0.1, 0.15) is 17.3 Å². The highest BCUT2D eigenvalue weighted by Gasteiger charge is 2.34. The number of amides is 1. The first-order valence-electron chi connectivity index (χ1n) is 11.1. The van der Waals surface area contributed by atoms with E-state index in [9.17, 15) is 4.79 Å². The maximum atomic E-state index is 13.0. The van der Waals surface area contributed by atoms with E-state index < -0.39 is 0 Å².